The fourth-order valence-corrected chi connectivity index (χ4v) is 3.01. The molecule has 0 unspecified atom stereocenters. The molecule has 0 aliphatic rings. The van der Waals surface area contributed by atoms with Gasteiger partial charge in [-0.3, -0.25) is 10.2 Å². The quantitative estimate of drug-likeness (QED) is 0.382. The zero-order chi connectivity index (χ0) is 13.8. The monoisotopic (exact) mass is 293 g/mol. The standard InChI is InChI=1S/C11H11N5OS2/c1-18-11-7(5-12)10(8-3-2-4-19-8)15-16(11)6-9(17)14-13/h2-4H,6,13H2,1H3,(H,14,17). The molecule has 0 aliphatic carbocycles. The SMILES string of the molecule is CSc1c(C#N)c(-c2cccs2)nn1CC(=O)NN. The van der Waals surface area contributed by atoms with E-state index in [2.05, 4.69) is 16.6 Å². The first-order chi connectivity index (χ1) is 9.21. The second kappa shape index (κ2) is 5.88. The van der Waals surface area contributed by atoms with Gasteiger partial charge in [-0.2, -0.15) is 10.4 Å². The fraction of sp³-hybridized carbons (Fsp3) is 0.182. The third-order valence-corrected chi connectivity index (χ3v) is 4.10. The Morgan fingerprint density at radius 1 is 1.74 bits per heavy atom. The minimum Gasteiger partial charge on any atom is -0.293 e. The van der Waals surface area contributed by atoms with Crippen LogP contribution >= 0.6 is 23.1 Å². The summed E-state index contributed by atoms with van der Waals surface area (Å²) in [5, 5.41) is 16.2. The van der Waals surface area contributed by atoms with E-state index in [0.29, 0.717) is 16.3 Å². The first-order valence-corrected chi connectivity index (χ1v) is 7.40. The first kappa shape index (κ1) is 13.6. The normalized spacial score (nSPS) is 10.2. The van der Waals surface area contributed by atoms with Crippen LogP contribution in [0.4, 0.5) is 0 Å². The molecule has 0 aliphatic heterocycles. The average Bonchev–Trinajstić information content (AvgIpc) is 3.04. The summed E-state index contributed by atoms with van der Waals surface area (Å²) in [7, 11) is 0. The molecule has 98 valence electrons. The predicted molar refractivity (Wildman–Crippen MR) is 74.4 cm³/mol. The van der Waals surface area contributed by atoms with E-state index in [1.54, 1.807) is 0 Å². The highest BCUT2D eigenvalue weighted by Crippen LogP contribution is 2.32. The molecular formula is C11H11N5OS2. The Balaban J connectivity index is 2.51. The number of carbonyl (C=O) groups excluding carboxylic acids is 1. The number of aromatic nitrogens is 2. The van der Waals surface area contributed by atoms with Gasteiger partial charge in [0.2, 0.25) is 0 Å². The molecule has 19 heavy (non-hydrogen) atoms. The first-order valence-electron chi connectivity index (χ1n) is 5.29. The van der Waals surface area contributed by atoms with Crippen molar-refractivity contribution in [1.82, 2.24) is 15.2 Å². The lowest BCUT2D eigenvalue weighted by Gasteiger charge is -2.03. The number of amides is 1. The molecule has 0 aromatic carbocycles. The lowest BCUT2D eigenvalue weighted by molar-refractivity contribution is -0.122. The number of nitriles is 1. The van der Waals surface area contributed by atoms with Crippen molar-refractivity contribution in [2.45, 2.75) is 11.6 Å². The van der Waals surface area contributed by atoms with E-state index in [9.17, 15) is 10.1 Å². The lowest BCUT2D eigenvalue weighted by atomic mass is 10.2. The second-order valence-corrected chi connectivity index (χ2v) is 5.29. The van der Waals surface area contributed by atoms with Crippen molar-refractivity contribution >= 4 is 29.0 Å². The summed E-state index contributed by atoms with van der Waals surface area (Å²) in [5.41, 5.74) is 3.15. The van der Waals surface area contributed by atoms with Gasteiger partial charge in [-0.05, 0) is 17.7 Å². The summed E-state index contributed by atoms with van der Waals surface area (Å²) in [6, 6.07) is 5.94. The maximum absolute atomic E-state index is 11.4. The number of rotatable bonds is 4. The van der Waals surface area contributed by atoms with Crippen molar-refractivity contribution < 1.29 is 4.79 Å². The minimum atomic E-state index is -0.361. The maximum atomic E-state index is 11.4. The Hall–Kier alpha value is -1.82. The number of thiophene rings is 1. The van der Waals surface area contributed by atoms with E-state index < -0.39 is 0 Å². The van der Waals surface area contributed by atoms with E-state index in [1.165, 1.54) is 27.8 Å². The number of hydrogen-bond donors (Lipinski definition) is 2. The van der Waals surface area contributed by atoms with Crippen LogP contribution in [0.2, 0.25) is 0 Å². The summed E-state index contributed by atoms with van der Waals surface area (Å²) < 4.78 is 1.50. The summed E-state index contributed by atoms with van der Waals surface area (Å²) in [4.78, 5) is 12.3. The van der Waals surface area contributed by atoms with E-state index in [-0.39, 0.29) is 12.5 Å². The van der Waals surface area contributed by atoms with Crippen LogP contribution in [-0.4, -0.2) is 21.9 Å². The van der Waals surface area contributed by atoms with Gasteiger partial charge in [0, 0.05) is 0 Å². The van der Waals surface area contributed by atoms with E-state index in [1.807, 2.05) is 23.8 Å². The summed E-state index contributed by atoms with van der Waals surface area (Å²) in [6.45, 7) is -0.00721. The van der Waals surface area contributed by atoms with Crippen molar-refractivity contribution in [2.75, 3.05) is 6.26 Å². The van der Waals surface area contributed by atoms with Crippen molar-refractivity contribution in [3.63, 3.8) is 0 Å². The second-order valence-electron chi connectivity index (χ2n) is 3.55. The summed E-state index contributed by atoms with van der Waals surface area (Å²) in [5.74, 6) is 4.71. The molecule has 0 saturated heterocycles. The summed E-state index contributed by atoms with van der Waals surface area (Å²) in [6.07, 6.45) is 1.84. The van der Waals surface area contributed by atoms with Crippen molar-refractivity contribution in [2.24, 2.45) is 5.84 Å². The Labute approximate surface area is 118 Å². The highest BCUT2D eigenvalue weighted by molar-refractivity contribution is 7.98. The average molecular weight is 293 g/mol. The van der Waals surface area contributed by atoms with Gasteiger partial charge < -0.3 is 0 Å². The zero-order valence-electron chi connectivity index (χ0n) is 10.1. The van der Waals surface area contributed by atoms with Gasteiger partial charge in [-0.25, -0.2) is 10.5 Å². The van der Waals surface area contributed by atoms with Crippen molar-refractivity contribution in [1.29, 1.82) is 5.26 Å². The lowest BCUT2D eigenvalue weighted by Crippen LogP contribution is -2.33. The molecule has 0 spiro atoms. The van der Waals surface area contributed by atoms with Gasteiger partial charge in [0.05, 0.1) is 4.88 Å². The number of thioether (sulfide) groups is 1. The molecule has 2 aromatic heterocycles. The highest BCUT2D eigenvalue weighted by Gasteiger charge is 2.20. The zero-order valence-corrected chi connectivity index (χ0v) is 11.7. The molecule has 6 nitrogen and oxygen atoms in total. The Kier molecular flexibility index (Phi) is 4.21. The molecule has 1 amide bonds. The maximum Gasteiger partial charge on any atom is 0.255 e. The van der Waals surface area contributed by atoms with Crippen LogP contribution in [0.15, 0.2) is 22.5 Å². The minimum absolute atomic E-state index is 0.00721. The Bertz CT molecular complexity index is 626. The number of nitrogens with one attached hydrogen (secondary N) is 1. The topological polar surface area (TPSA) is 96.7 Å². The van der Waals surface area contributed by atoms with Gasteiger partial charge in [0.25, 0.3) is 5.91 Å². The van der Waals surface area contributed by atoms with E-state index >= 15 is 0 Å². The Morgan fingerprint density at radius 2 is 2.53 bits per heavy atom. The van der Waals surface area contributed by atoms with Crippen LogP contribution in [-0.2, 0) is 11.3 Å². The molecule has 0 saturated carbocycles. The third-order valence-electron chi connectivity index (χ3n) is 2.42. The predicted octanol–water partition coefficient (Wildman–Crippen LogP) is 1.20. The number of hydrazine groups is 1. The molecule has 3 N–H and O–H groups in total. The van der Waals surface area contributed by atoms with Crippen molar-refractivity contribution in [3.05, 3.63) is 23.1 Å². The number of carbonyl (C=O) groups is 1. The van der Waals surface area contributed by atoms with Gasteiger partial charge >= 0.3 is 0 Å². The largest absolute Gasteiger partial charge is 0.293 e. The molecular weight excluding hydrogens is 282 g/mol. The van der Waals surface area contributed by atoms with Gasteiger partial charge in [0.15, 0.2) is 0 Å². The highest BCUT2D eigenvalue weighted by atomic mass is 32.2. The van der Waals surface area contributed by atoms with Crippen LogP contribution in [0.25, 0.3) is 10.6 Å². The van der Waals surface area contributed by atoms with Gasteiger partial charge in [-0.15, -0.1) is 23.1 Å². The van der Waals surface area contributed by atoms with Crippen molar-refractivity contribution in [3.8, 4) is 16.6 Å². The molecule has 2 rings (SSSR count). The Morgan fingerprint density at radius 3 is 3.05 bits per heavy atom. The molecule has 0 atom stereocenters. The molecule has 0 bridgehead atoms. The molecule has 2 heterocycles. The smallest absolute Gasteiger partial charge is 0.255 e. The molecule has 0 fully saturated rings. The van der Waals surface area contributed by atoms with Crippen LogP contribution in [0.1, 0.15) is 5.56 Å². The van der Waals surface area contributed by atoms with Crippen LogP contribution in [0.5, 0.6) is 0 Å². The van der Waals surface area contributed by atoms with Crippen LogP contribution in [0, 0.1) is 11.3 Å². The number of hydrogen-bond acceptors (Lipinski definition) is 6. The van der Waals surface area contributed by atoms with Crippen LogP contribution < -0.4 is 11.3 Å². The molecule has 8 heteroatoms. The number of nitrogens with two attached hydrogens (primary N) is 1. The molecule has 2 aromatic rings. The fourth-order valence-electron chi connectivity index (χ4n) is 1.63. The number of nitrogens with zero attached hydrogens (tertiary/aromatic N) is 3. The molecule has 0 radical (unpaired) electrons. The van der Waals surface area contributed by atoms with Gasteiger partial charge in [-0.1, -0.05) is 6.07 Å². The summed E-state index contributed by atoms with van der Waals surface area (Å²) >= 11 is 2.88. The van der Waals surface area contributed by atoms with E-state index in [0.717, 1.165) is 4.88 Å². The van der Waals surface area contributed by atoms with Crippen LogP contribution in [0.3, 0.4) is 0 Å². The third kappa shape index (κ3) is 2.63. The van der Waals surface area contributed by atoms with Gasteiger partial charge in [0.1, 0.15) is 28.9 Å². The van der Waals surface area contributed by atoms with E-state index in [4.69, 9.17) is 5.84 Å².